The molecule has 0 unspecified atom stereocenters. The third-order valence-corrected chi connectivity index (χ3v) is 4.34. The van der Waals surface area contributed by atoms with Crippen molar-refractivity contribution in [3.8, 4) is 5.75 Å². The smallest absolute Gasteiger partial charge is 0.259 e. The van der Waals surface area contributed by atoms with Crippen LogP contribution in [-0.2, 0) is 6.42 Å². The number of amides is 2. The number of ether oxygens (including phenoxy) is 1. The zero-order valence-corrected chi connectivity index (χ0v) is 16.4. The van der Waals surface area contributed by atoms with Crippen molar-refractivity contribution in [2.45, 2.75) is 13.3 Å². The summed E-state index contributed by atoms with van der Waals surface area (Å²) in [5.41, 5.74) is 2.68. The molecule has 0 bridgehead atoms. The largest absolute Gasteiger partial charge is 0.492 e. The van der Waals surface area contributed by atoms with E-state index in [1.165, 1.54) is 5.56 Å². The van der Waals surface area contributed by atoms with Crippen LogP contribution in [0.2, 0.25) is 0 Å². The minimum atomic E-state index is -0.284. The van der Waals surface area contributed by atoms with Gasteiger partial charge in [0.05, 0.1) is 12.2 Å². The molecule has 3 aromatic carbocycles. The number of carbonyl (C=O) groups excluding carboxylic acids is 2. The number of rotatable bonds is 8. The first-order chi connectivity index (χ1) is 14.2. The molecule has 0 aliphatic rings. The molecule has 29 heavy (non-hydrogen) atoms. The quantitative estimate of drug-likeness (QED) is 0.604. The number of benzene rings is 3. The van der Waals surface area contributed by atoms with Gasteiger partial charge >= 0.3 is 0 Å². The Labute approximate surface area is 170 Å². The van der Waals surface area contributed by atoms with E-state index in [0.717, 1.165) is 6.42 Å². The highest BCUT2D eigenvalue weighted by Crippen LogP contribution is 2.20. The summed E-state index contributed by atoms with van der Waals surface area (Å²) in [7, 11) is 0. The van der Waals surface area contributed by atoms with Crippen LogP contribution in [0.15, 0.2) is 78.9 Å². The molecule has 0 fully saturated rings. The van der Waals surface area contributed by atoms with Gasteiger partial charge < -0.3 is 15.4 Å². The van der Waals surface area contributed by atoms with Crippen molar-refractivity contribution >= 4 is 17.5 Å². The Balaban J connectivity index is 1.67. The second kappa shape index (κ2) is 10.1. The molecule has 5 heteroatoms. The molecule has 3 aromatic rings. The lowest BCUT2D eigenvalue weighted by Gasteiger charge is -2.12. The molecule has 5 nitrogen and oxygen atoms in total. The van der Waals surface area contributed by atoms with Crippen molar-refractivity contribution in [3.63, 3.8) is 0 Å². The van der Waals surface area contributed by atoms with Crippen LogP contribution < -0.4 is 15.4 Å². The lowest BCUT2D eigenvalue weighted by molar-refractivity contribution is 0.0954. The Bertz CT molecular complexity index is 971. The molecule has 0 atom stereocenters. The molecular weight excluding hydrogens is 364 g/mol. The van der Waals surface area contributed by atoms with E-state index in [9.17, 15) is 9.59 Å². The molecule has 2 N–H and O–H groups in total. The monoisotopic (exact) mass is 388 g/mol. The first-order valence-electron chi connectivity index (χ1n) is 9.62. The average Bonchev–Trinajstić information content (AvgIpc) is 2.75. The van der Waals surface area contributed by atoms with E-state index in [1.807, 2.05) is 43.3 Å². The first-order valence-corrected chi connectivity index (χ1v) is 9.62. The van der Waals surface area contributed by atoms with E-state index in [-0.39, 0.29) is 11.8 Å². The third-order valence-electron chi connectivity index (χ3n) is 4.34. The van der Waals surface area contributed by atoms with Gasteiger partial charge in [-0.15, -0.1) is 0 Å². The molecular formula is C24H24N2O3. The van der Waals surface area contributed by atoms with Crippen molar-refractivity contribution in [1.82, 2.24) is 5.32 Å². The molecule has 0 saturated heterocycles. The molecule has 0 radical (unpaired) electrons. The maximum absolute atomic E-state index is 12.8. The highest BCUT2D eigenvalue weighted by molar-refractivity contribution is 6.06. The van der Waals surface area contributed by atoms with Gasteiger partial charge in [0.15, 0.2) is 0 Å². The Hall–Kier alpha value is -3.60. The summed E-state index contributed by atoms with van der Waals surface area (Å²) in [5, 5.41) is 5.59. The molecule has 0 spiro atoms. The molecule has 3 rings (SSSR count). The fourth-order valence-corrected chi connectivity index (χ4v) is 2.90. The number of carbonyl (C=O) groups is 2. The highest BCUT2D eigenvalue weighted by Gasteiger charge is 2.13. The Kier molecular flexibility index (Phi) is 7.00. The maximum Gasteiger partial charge on any atom is 0.259 e. The van der Waals surface area contributed by atoms with E-state index >= 15 is 0 Å². The summed E-state index contributed by atoms with van der Waals surface area (Å²) in [4.78, 5) is 24.8. The summed E-state index contributed by atoms with van der Waals surface area (Å²) >= 11 is 0. The minimum Gasteiger partial charge on any atom is -0.492 e. The van der Waals surface area contributed by atoms with Gasteiger partial charge in [-0.2, -0.15) is 0 Å². The van der Waals surface area contributed by atoms with Gasteiger partial charge in [0.25, 0.3) is 11.8 Å². The van der Waals surface area contributed by atoms with Gasteiger partial charge in [0.2, 0.25) is 0 Å². The predicted molar refractivity (Wildman–Crippen MR) is 114 cm³/mol. The lowest BCUT2D eigenvalue weighted by atomic mass is 10.1. The number of anilines is 1. The van der Waals surface area contributed by atoms with E-state index in [1.54, 1.807) is 42.5 Å². The standard InChI is InChI=1S/C24H24N2O3/c1-2-25-23(27)19-11-8-12-20(17-19)26-24(28)21-13-6-7-14-22(21)29-16-15-18-9-4-3-5-10-18/h3-14,17H,2,15-16H2,1H3,(H,25,27)(H,26,28). The molecule has 0 heterocycles. The highest BCUT2D eigenvalue weighted by atomic mass is 16.5. The van der Waals surface area contributed by atoms with Crippen LogP contribution in [0.5, 0.6) is 5.75 Å². The predicted octanol–water partition coefficient (Wildman–Crippen LogP) is 4.31. The summed E-state index contributed by atoms with van der Waals surface area (Å²) < 4.78 is 5.87. The molecule has 0 saturated carbocycles. The van der Waals surface area contributed by atoms with Crippen molar-refractivity contribution in [3.05, 3.63) is 95.6 Å². The number of hydrogen-bond donors (Lipinski definition) is 2. The summed E-state index contributed by atoms with van der Waals surface area (Å²) in [6.07, 6.45) is 0.755. The van der Waals surface area contributed by atoms with Crippen LogP contribution >= 0.6 is 0 Å². The third kappa shape index (κ3) is 5.69. The van der Waals surface area contributed by atoms with Crippen molar-refractivity contribution in [2.24, 2.45) is 0 Å². The molecule has 0 aliphatic heterocycles. The van der Waals surface area contributed by atoms with E-state index in [2.05, 4.69) is 10.6 Å². The SMILES string of the molecule is CCNC(=O)c1cccc(NC(=O)c2ccccc2OCCc2ccccc2)c1. The number of hydrogen-bond acceptors (Lipinski definition) is 3. The molecule has 0 aliphatic carbocycles. The second-order valence-electron chi connectivity index (χ2n) is 6.47. The van der Waals surface area contributed by atoms with Crippen molar-refractivity contribution in [1.29, 1.82) is 0 Å². The number of nitrogens with one attached hydrogen (secondary N) is 2. The number of para-hydroxylation sites is 1. The molecule has 0 aromatic heterocycles. The van der Waals surface area contributed by atoms with Crippen LogP contribution in [0.3, 0.4) is 0 Å². The fraction of sp³-hybridized carbons (Fsp3) is 0.167. The zero-order chi connectivity index (χ0) is 20.5. The van der Waals surface area contributed by atoms with E-state index in [0.29, 0.717) is 35.7 Å². The first kappa shape index (κ1) is 20.1. The Morgan fingerprint density at radius 2 is 1.62 bits per heavy atom. The second-order valence-corrected chi connectivity index (χ2v) is 6.47. The van der Waals surface area contributed by atoms with E-state index < -0.39 is 0 Å². The zero-order valence-electron chi connectivity index (χ0n) is 16.4. The minimum absolute atomic E-state index is 0.173. The lowest BCUT2D eigenvalue weighted by Crippen LogP contribution is -2.22. The Morgan fingerprint density at radius 3 is 2.41 bits per heavy atom. The Morgan fingerprint density at radius 1 is 0.862 bits per heavy atom. The van der Waals surface area contributed by atoms with Gasteiger partial charge in [-0.3, -0.25) is 9.59 Å². The summed E-state index contributed by atoms with van der Waals surface area (Å²) in [6, 6.07) is 24.0. The molecule has 148 valence electrons. The van der Waals surface area contributed by atoms with Gasteiger partial charge in [-0.25, -0.2) is 0 Å². The van der Waals surface area contributed by atoms with Crippen molar-refractivity contribution < 1.29 is 14.3 Å². The van der Waals surface area contributed by atoms with Crippen LogP contribution in [0, 0.1) is 0 Å². The van der Waals surface area contributed by atoms with Gasteiger partial charge in [0.1, 0.15) is 5.75 Å². The van der Waals surface area contributed by atoms with E-state index in [4.69, 9.17) is 4.74 Å². The van der Waals surface area contributed by atoms with Crippen molar-refractivity contribution in [2.75, 3.05) is 18.5 Å². The maximum atomic E-state index is 12.8. The van der Waals surface area contributed by atoms with Gasteiger partial charge in [0, 0.05) is 24.2 Å². The van der Waals surface area contributed by atoms with Gasteiger partial charge in [-0.05, 0) is 42.8 Å². The summed E-state index contributed by atoms with van der Waals surface area (Å²) in [6.45, 7) is 2.88. The van der Waals surface area contributed by atoms with Crippen LogP contribution in [0.1, 0.15) is 33.2 Å². The van der Waals surface area contributed by atoms with Crippen LogP contribution in [-0.4, -0.2) is 25.0 Å². The molecule has 2 amide bonds. The van der Waals surface area contributed by atoms with Crippen LogP contribution in [0.25, 0.3) is 0 Å². The normalized spacial score (nSPS) is 10.2. The topological polar surface area (TPSA) is 67.4 Å². The average molecular weight is 388 g/mol. The fourth-order valence-electron chi connectivity index (χ4n) is 2.90. The summed E-state index contributed by atoms with van der Waals surface area (Å²) in [5.74, 6) is 0.0717. The van der Waals surface area contributed by atoms with Gasteiger partial charge in [-0.1, -0.05) is 48.5 Å². The van der Waals surface area contributed by atoms with Crippen LogP contribution in [0.4, 0.5) is 5.69 Å².